The average Bonchev–Trinajstić information content (AvgIpc) is 2.99. The first-order valence-electron chi connectivity index (χ1n) is 8.55. The van der Waals surface area contributed by atoms with E-state index in [0.717, 1.165) is 26.2 Å². The Morgan fingerprint density at radius 1 is 1.12 bits per heavy atom. The van der Waals surface area contributed by atoms with Crippen LogP contribution in [0.3, 0.4) is 0 Å². The number of benzene rings is 1. The summed E-state index contributed by atoms with van der Waals surface area (Å²) >= 11 is 0. The number of anilines is 2. The maximum absolute atomic E-state index is 12.3. The van der Waals surface area contributed by atoms with Crippen LogP contribution in [-0.4, -0.2) is 45.3 Å². The van der Waals surface area contributed by atoms with Crippen LogP contribution >= 0.6 is 0 Å². The molecule has 8 nitrogen and oxygen atoms in total. The molecular weight excluding hydrogens is 330 g/mol. The summed E-state index contributed by atoms with van der Waals surface area (Å²) in [5.74, 6) is 0.685. The number of hydrogen-bond donors (Lipinski definition) is 0. The molecule has 0 bridgehead atoms. The molecular formula is C18H19N7O. The lowest BCUT2D eigenvalue weighted by atomic mass is 10.2. The van der Waals surface area contributed by atoms with E-state index in [-0.39, 0.29) is 12.2 Å². The third-order valence-corrected chi connectivity index (χ3v) is 4.68. The summed E-state index contributed by atoms with van der Waals surface area (Å²) in [6.45, 7) is 5.34. The monoisotopic (exact) mass is 349 g/mol. The summed E-state index contributed by atoms with van der Waals surface area (Å²) in [5, 5.41) is 13.1. The molecule has 0 radical (unpaired) electrons. The van der Waals surface area contributed by atoms with E-state index in [1.807, 2.05) is 6.07 Å². The summed E-state index contributed by atoms with van der Waals surface area (Å²) in [5.41, 5.74) is 2.65. The van der Waals surface area contributed by atoms with Gasteiger partial charge in [-0.3, -0.25) is 0 Å². The number of nitriles is 1. The number of piperazine rings is 1. The first-order chi connectivity index (χ1) is 12.7. The van der Waals surface area contributed by atoms with Gasteiger partial charge < -0.3 is 9.80 Å². The van der Waals surface area contributed by atoms with Gasteiger partial charge in [-0.1, -0.05) is 17.7 Å². The quantitative estimate of drug-likeness (QED) is 0.703. The molecule has 26 heavy (non-hydrogen) atoms. The van der Waals surface area contributed by atoms with Gasteiger partial charge in [-0.25, -0.2) is 14.2 Å². The summed E-state index contributed by atoms with van der Waals surface area (Å²) in [6.07, 6.45) is 3.19. The second-order valence-electron chi connectivity index (χ2n) is 6.35. The zero-order valence-corrected chi connectivity index (χ0v) is 14.5. The normalized spacial score (nSPS) is 14.6. The first kappa shape index (κ1) is 16.1. The Kier molecular flexibility index (Phi) is 4.05. The molecule has 0 spiro atoms. The number of aryl methyl sites for hydroxylation is 1. The van der Waals surface area contributed by atoms with Crippen LogP contribution in [0.1, 0.15) is 5.56 Å². The molecule has 0 saturated carbocycles. The fourth-order valence-corrected chi connectivity index (χ4v) is 3.26. The van der Waals surface area contributed by atoms with Gasteiger partial charge in [0.1, 0.15) is 6.54 Å². The van der Waals surface area contributed by atoms with Gasteiger partial charge in [-0.05, 0) is 19.1 Å². The van der Waals surface area contributed by atoms with Crippen molar-refractivity contribution in [3.63, 3.8) is 0 Å². The van der Waals surface area contributed by atoms with Crippen molar-refractivity contribution in [1.82, 2.24) is 19.2 Å². The zero-order chi connectivity index (χ0) is 18.1. The van der Waals surface area contributed by atoms with E-state index in [1.54, 1.807) is 12.4 Å². The molecule has 1 aromatic carbocycles. The molecule has 2 aromatic heterocycles. The van der Waals surface area contributed by atoms with Crippen molar-refractivity contribution in [2.75, 3.05) is 36.0 Å². The van der Waals surface area contributed by atoms with Gasteiger partial charge in [0, 0.05) is 44.3 Å². The van der Waals surface area contributed by atoms with Gasteiger partial charge in [-0.15, -0.1) is 5.10 Å². The van der Waals surface area contributed by atoms with Crippen molar-refractivity contribution in [2.24, 2.45) is 0 Å². The van der Waals surface area contributed by atoms with E-state index < -0.39 is 0 Å². The summed E-state index contributed by atoms with van der Waals surface area (Å²) in [7, 11) is 0. The molecule has 0 aliphatic carbocycles. The average molecular weight is 349 g/mol. The highest BCUT2D eigenvalue weighted by Crippen LogP contribution is 2.21. The van der Waals surface area contributed by atoms with Crippen LogP contribution in [0.2, 0.25) is 0 Å². The number of hydrogen-bond acceptors (Lipinski definition) is 6. The standard InChI is InChI=1S/C18H19N7O/c1-14-2-4-15(5-3-14)22-10-12-23(13-11-22)16-17-21-25(8-6-19)18(26)24(17)9-7-20-16/h2-5,7,9H,8,10-13H2,1H3. The van der Waals surface area contributed by atoms with Crippen LogP contribution < -0.4 is 15.5 Å². The lowest BCUT2D eigenvalue weighted by Gasteiger charge is -2.36. The third kappa shape index (κ3) is 2.77. The minimum Gasteiger partial charge on any atom is -0.368 e. The molecule has 0 N–H and O–H groups in total. The van der Waals surface area contributed by atoms with Crippen LogP contribution in [0, 0.1) is 18.3 Å². The SMILES string of the molecule is Cc1ccc(N2CCN(c3nccn4c(=O)n(CC#N)nc34)CC2)cc1. The third-order valence-electron chi connectivity index (χ3n) is 4.68. The molecule has 0 atom stereocenters. The molecule has 3 heterocycles. The van der Waals surface area contributed by atoms with Gasteiger partial charge in [0.25, 0.3) is 0 Å². The molecule has 1 saturated heterocycles. The van der Waals surface area contributed by atoms with Crippen LogP contribution in [0.25, 0.3) is 5.65 Å². The smallest absolute Gasteiger partial charge is 0.351 e. The molecule has 132 valence electrons. The minimum atomic E-state index is -0.316. The lowest BCUT2D eigenvalue weighted by molar-refractivity contribution is 0.646. The van der Waals surface area contributed by atoms with Gasteiger partial charge in [0.15, 0.2) is 5.82 Å². The molecule has 1 fully saturated rings. The van der Waals surface area contributed by atoms with Gasteiger partial charge in [-0.2, -0.15) is 9.94 Å². The van der Waals surface area contributed by atoms with E-state index in [9.17, 15) is 4.79 Å². The van der Waals surface area contributed by atoms with Crippen molar-refractivity contribution in [3.05, 3.63) is 52.7 Å². The van der Waals surface area contributed by atoms with Crippen molar-refractivity contribution in [3.8, 4) is 6.07 Å². The number of nitrogens with zero attached hydrogens (tertiary/aromatic N) is 7. The van der Waals surface area contributed by atoms with Crippen molar-refractivity contribution in [1.29, 1.82) is 5.26 Å². The highest BCUT2D eigenvalue weighted by Gasteiger charge is 2.22. The van der Waals surface area contributed by atoms with Crippen molar-refractivity contribution in [2.45, 2.75) is 13.5 Å². The molecule has 0 amide bonds. The summed E-state index contributed by atoms with van der Waals surface area (Å²) in [6, 6.07) is 10.5. The summed E-state index contributed by atoms with van der Waals surface area (Å²) in [4.78, 5) is 21.2. The maximum atomic E-state index is 12.3. The molecule has 4 rings (SSSR count). The fourth-order valence-electron chi connectivity index (χ4n) is 3.26. The van der Waals surface area contributed by atoms with E-state index in [1.165, 1.54) is 20.3 Å². The van der Waals surface area contributed by atoms with E-state index in [4.69, 9.17) is 5.26 Å². The van der Waals surface area contributed by atoms with Gasteiger partial charge >= 0.3 is 5.69 Å². The van der Waals surface area contributed by atoms with Crippen molar-refractivity contribution >= 4 is 17.2 Å². The molecule has 3 aromatic rings. The van der Waals surface area contributed by atoms with Gasteiger partial charge in [0.05, 0.1) is 6.07 Å². The Labute approximate surface area is 150 Å². The Hall–Kier alpha value is -3.34. The molecule has 1 aliphatic rings. The zero-order valence-electron chi connectivity index (χ0n) is 14.5. The number of aromatic nitrogens is 4. The van der Waals surface area contributed by atoms with E-state index >= 15 is 0 Å². The Morgan fingerprint density at radius 3 is 2.50 bits per heavy atom. The number of fused-ring (bicyclic) bond motifs is 1. The highest BCUT2D eigenvalue weighted by atomic mass is 16.2. The van der Waals surface area contributed by atoms with Crippen LogP contribution in [-0.2, 0) is 6.54 Å². The topological polar surface area (TPSA) is 82.5 Å². The van der Waals surface area contributed by atoms with Crippen LogP contribution in [0.4, 0.5) is 11.5 Å². The molecule has 0 unspecified atom stereocenters. The van der Waals surface area contributed by atoms with Crippen LogP contribution in [0.5, 0.6) is 0 Å². The minimum absolute atomic E-state index is 0.0683. The number of rotatable bonds is 3. The Balaban J connectivity index is 1.58. The predicted octanol–water partition coefficient (Wildman–Crippen LogP) is 1.05. The van der Waals surface area contributed by atoms with Gasteiger partial charge in [0.2, 0.25) is 5.65 Å². The van der Waals surface area contributed by atoms with Crippen molar-refractivity contribution < 1.29 is 0 Å². The predicted molar refractivity (Wildman–Crippen MR) is 98.5 cm³/mol. The molecule has 1 aliphatic heterocycles. The second kappa shape index (κ2) is 6.52. The van der Waals surface area contributed by atoms with E-state index in [0.29, 0.717) is 11.5 Å². The second-order valence-corrected chi connectivity index (χ2v) is 6.35. The lowest BCUT2D eigenvalue weighted by Crippen LogP contribution is -2.47. The van der Waals surface area contributed by atoms with Crippen LogP contribution in [0.15, 0.2) is 41.5 Å². The Morgan fingerprint density at radius 2 is 1.81 bits per heavy atom. The first-order valence-corrected chi connectivity index (χ1v) is 8.55. The largest absolute Gasteiger partial charge is 0.368 e. The van der Waals surface area contributed by atoms with E-state index in [2.05, 4.69) is 51.1 Å². The Bertz CT molecular complexity index is 1020. The summed E-state index contributed by atoms with van der Waals surface area (Å²) < 4.78 is 2.62. The maximum Gasteiger partial charge on any atom is 0.351 e. The fraction of sp³-hybridized carbons (Fsp3) is 0.333. The molecule has 8 heteroatoms. The highest BCUT2D eigenvalue weighted by molar-refractivity contribution is 5.64.